The molecule has 0 spiro atoms. The van der Waals surface area contributed by atoms with Gasteiger partial charge in [0.25, 0.3) is 5.91 Å². The number of hydrogen-bond donors (Lipinski definition) is 2. The lowest BCUT2D eigenvalue weighted by molar-refractivity contribution is 0.0722. The van der Waals surface area contributed by atoms with Crippen LogP contribution in [0.15, 0.2) is 48.5 Å². The maximum atomic E-state index is 13.2. The van der Waals surface area contributed by atoms with Crippen molar-refractivity contribution < 1.29 is 19.4 Å². The Kier molecular flexibility index (Phi) is 7.36. The number of ketones is 1. The van der Waals surface area contributed by atoms with Crippen molar-refractivity contribution in [1.82, 2.24) is 10.2 Å². The highest BCUT2D eigenvalue weighted by Gasteiger charge is 2.28. The molecule has 0 aliphatic carbocycles. The van der Waals surface area contributed by atoms with Crippen LogP contribution in [0.1, 0.15) is 59.0 Å². The molecule has 32 heavy (non-hydrogen) atoms. The van der Waals surface area contributed by atoms with Gasteiger partial charge in [-0.25, -0.2) is 0 Å². The van der Waals surface area contributed by atoms with E-state index in [0.29, 0.717) is 17.7 Å². The second-order valence-corrected chi connectivity index (χ2v) is 8.73. The molecule has 6 heteroatoms. The first-order valence-corrected chi connectivity index (χ1v) is 11.0. The van der Waals surface area contributed by atoms with Gasteiger partial charge in [0, 0.05) is 47.1 Å². The fourth-order valence-corrected chi connectivity index (χ4v) is 4.06. The van der Waals surface area contributed by atoms with E-state index in [2.05, 4.69) is 19.2 Å². The van der Waals surface area contributed by atoms with E-state index in [4.69, 9.17) is 4.74 Å². The van der Waals surface area contributed by atoms with Crippen LogP contribution in [0.2, 0.25) is 0 Å². The molecule has 1 heterocycles. The number of rotatable bonds is 8. The molecule has 2 N–H and O–H groups in total. The zero-order valence-corrected chi connectivity index (χ0v) is 19.3. The molecule has 0 aromatic heterocycles. The summed E-state index contributed by atoms with van der Waals surface area (Å²) in [6.45, 7) is 6.91. The third-order valence-corrected chi connectivity index (χ3v) is 5.53. The standard InChI is InChI=1S/C26H32N2O4/c1-5-11-28(12-13-29)25(31)19-8-6-7-18(14-19)24(30)16-23-22-15-21(32-4)10-9-20(22)17-26(2,3)27-23/h6-10,14-16,27,29H,5,11-13,17H2,1-4H3/b23-16-. The second kappa shape index (κ2) is 10.0. The number of amides is 1. The van der Waals surface area contributed by atoms with Crippen molar-refractivity contribution in [3.63, 3.8) is 0 Å². The number of carbonyl (C=O) groups excluding carboxylic acids is 2. The Morgan fingerprint density at radius 1 is 1.16 bits per heavy atom. The van der Waals surface area contributed by atoms with E-state index >= 15 is 0 Å². The number of methoxy groups -OCH3 is 1. The van der Waals surface area contributed by atoms with Gasteiger partial charge in [-0.15, -0.1) is 0 Å². The lowest BCUT2D eigenvalue weighted by Gasteiger charge is -2.35. The van der Waals surface area contributed by atoms with Crippen molar-refractivity contribution in [3.05, 3.63) is 70.8 Å². The molecular weight excluding hydrogens is 404 g/mol. The maximum absolute atomic E-state index is 13.2. The van der Waals surface area contributed by atoms with Crippen LogP contribution in [-0.4, -0.2) is 54.0 Å². The number of aliphatic hydroxyl groups excluding tert-OH is 1. The molecule has 1 aliphatic heterocycles. The Bertz CT molecular complexity index is 1020. The number of fused-ring (bicyclic) bond motifs is 1. The molecule has 0 atom stereocenters. The summed E-state index contributed by atoms with van der Waals surface area (Å²) in [7, 11) is 1.62. The molecule has 2 aromatic rings. The molecule has 0 unspecified atom stereocenters. The van der Waals surface area contributed by atoms with Gasteiger partial charge in [-0.1, -0.05) is 25.1 Å². The SMILES string of the molecule is CCCN(CCO)C(=O)c1cccc(C(=O)/C=C2\NC(C)(C)Cc3ccc(OC)cc32)c1. The molecule has 1 amide bonds. The summed E-state index contributed by atoms with van der Waals surface area (Å²) in [5.74, 6) is 0.365. The third kappa shape index (κ3) is 5.37. The lowest BCUT2D eigenvalue weighted by atomic mass is 9.85. The Balaban J connectivity index is 1.93. The number of allylic oxidation sites excluding steroid dienone is 1. The molecular formula is C26H32N2O4. The molecule has 0 saturated carbocycles. The fraction of sp³-hybridized carbons (Fsp3) is 0.385. The Morgan fingerprint density at radius 3 is 2.59 bits per heavy atom. The quantitative estimate of drug-likeness (QED) is 0.487. The molecule has 1 aliphatic rings. The van der Waals surface area contributed by atoms with Gasteiger partial charge >= 0.3 is 0 Å². The van der Waals surface area contributed by atoms with Crippen LogP contribution in [0.4, 0.5) is 0 Å². The van der Waals surface area contributed by atoms with Gasteiger partial charge in [0.2, 0.25) is 0 Å². The number of carbonyl (C=O) groups is 2. The number of aliphatic hydroxyl groups is 1. The lowest BCUT2D eigenvalue weighted by Crippen LogP contribution is -2.43. The Hall–Kier alpha value is -3.12. The minimum absolute atomic E-state index is 0.0964. The van der Waals surface area contributed by atoms with Crippen molar-refractivity contribution in [2.24, 2.45) is 0 Å². The highest BCUT2D eigenvalue weighted by molar-refractivity contribution is 6.10. The van der Waals surface area contributed by atoms with Gasteiger partial charge in [0.05, 0.1) is 13.7 Å². The Morgan fingerprint density at radius 2 is 1.91 bits per heavy atom. The van der Waals surface area contributed by atoms with Crippen LogP contribution in [-0.2, 0) is 6.42 Å². The zero-order chi connectivity index (χ0) is 23.3. The first-order chi connectivity index (χ1) is 15.3. The first-order valence-electron chi connectivity index (χ1n) is 11.0. The van der Waals surface area contributed by atoms with Crippen LogP contribution >= 0.6 is 0 Å². The summed E-state index contributed by atoms with van der Waals surface area (Å²) >= 11 is 0. The maximum Gasteiger partial charge on any atom is 0.253 e. The summed E-state index contributed by atoms with van der Waals surface area (Å²) in [4.78, 5) is 27.6. The van der Waals surface area contributed by atoms with Gasteiger partial charge < -0.3 is 20.1 Å². The summed E-state index contributed by atoms with van der Waals surface area (Å²) in [6.07, 6.45) is 3.22. The average Bonchev–Trinajstić information content (AvgIpc) is 2.77. The predicted octanol–water partition coefficient (Wildman–Crippen LogP) is 3.69. The minimum atomic E-state index is -0.198. The van der Waals surface area contributed by atoms with Crippen molar-refractivity contribution >= 4 is 17.4 Å². The van der Waals surface area contributed by atoms with Crippen molar-refractivity contribution in [1.29, 1.82) is 0 Å². The number of nitrogens with one attached hydrogen (secondary N) is 1. The van der Waals surface area contributed by atoms with E-state index in [1.54, 1.807) is 42.4 Å². The largest absolute Gasteiger partial charge is 0.497 e. The minimum Gasteiger partial charge on any atom is -0.497 e. The molecule has 3 rings (SSSR count). The molecule has 6 nitrogen and oxygen atoms in total. The highest BCUT2D eigenvalue weighted by Crippen LogP contribution is 2.32. The van der Waals surface area contributed by atoms with Crippen molar-refractivity contribution in [3.8, 4) is 5.75 Å². The molecule has 0 radical (unpaired) electrons. The van der Waals surface area contributed by atoms with E-state index in [9.17, 15) is 14.7 Å². The topological polar surface area (TPSA) is 78.9 Å². The number of nitrogens with zero attached hydrogens (tertiary/aromatic N) is 1. The smallest absolute Gasteiger partial charge is 0.253 e. The van der Waals surface area contributed by atoms with E-state index in [0.717, 1.165) is 35.4 Å². The summed E-state index contributed by atoms with van der Waals surface area (Å²) in [6, 6.07) is 12.7. The third-order valence-electron chi connectivity index (χ3n) is 5.53. The van der Waals surface area contributed by atoms with Crippen LogP contribution in [0, 0.1) is 0 Å². The van der Waals surface area contributed by atoms with Gasteiger partial charge in [0.1, 0.15) is 5.75 Å². The molecule has 0 saturated heterocycles. The van der Waals surface area contributed by atoms with Crippen LogP contribution in [0.3, 0.4) is 0 Å². The van der Waals surface area contributed by atoms with Gasteiger partial charge in [-0.3, -0.25) is 9.59 Å². The van der Waals surface area contributed by atoms with Gasteiger partial charge in [0.15, 0.2) is 5.78 Å². The fourth-order valence-electron chi connectivity index (χ4n) is 4.06. The second-order valence-electron chi connectivity index (χ2n) is 8.73. The number of hydrogen-bond acceptors (Lipinski definition) is 5. The summed E-state index contributed by atoms with van der Waals surface area (Å²) in [5, 5.41) is 12.7. The number of benzene rings is 2. The average molecular weight is 437 g/mol. The molecule has 170 valence electrons. The van der Waals surface area contributed by atoms with Crippen molar-refractivity contribution in [2.45, 2.75) is 39.2 Å². The summed E-state index contributed by atoms with van der Waals surface area (Å²) in [5.41, 5.74) is 3.52. The molecule has 0 bridgehead atoms. The van der Waals surface area contributed by atoms with E-state index < -0.39 is 0 Å². The summed E-state index contributed by atoms with van der Waals surface area (Å²) < 4.78 is 5.37. The van der Waals surface area contributed by atoms with Crippen molar-refractivity contribution in [2.75, 3.05) is 26.8 Å². The van der Waals surface area contributed by atoms with E-state index in [-0.39, 0.29) is 30.4 Å². The van der Waals surface area contributed by atoms with Crippen LogP contribution < -0.4 is 10.1 Å². The molecule has 0 fully saturated rings. The monoisotopic (exact) mass is 436 g/mol. The zero-order valence-electron chi connectivity index (χ0n) is 19.3. The van der Waals surface area contributed by atoms with Gasteiger partial charge in [-0.05, 0) is 56.5 Å². The van der Waals surface area contributed by atoms with Crippen LogP contribution in [0.25, 0.3) is 5.70 Å². The first kappa shape index (κ1) is 23.5. The van der Waals surface area contributed by atoms with Gasteiger partial charge in [-0.2, -0.15) is 0 Å². The van der Waals surface area contributed by atoms with E-state index in [1.807, 2.05) is 25.1 Å². The molecule has 2 aromatic carbocycles. The number of ether oxygens (including phenoxy) is 1. The Labute approximate surface area is 189 Å². The van der Waals surface area contributed by atoms with Crippen LogP contribution in [0.5, 0.6) is 5.75 Å². The van der Waals surface area contributed by atoms with E-state index in [1.165, 1.54) is 0 Å². The normalized spacial score (nSPS) is 15.6. The highest BCUT2D eigenvalue weighted by atomic mass is 16.5. The predicted molar refractivity (Wildman–Crippen MR) is 126 cm³/mol.